The van der Waals surface area contributed by atoms with Gasteiger partial charge in [-0.1, -0.05) is 27.7 Å². The minimum atomic E-state index is 0.612. The van der Waals surface area contributed by atoms with E-state index in [1.165, 1.54) is 6.42 Å². The zero-order chi connectivity index (χ0) is 12.8. The van der Waals surface area contributed by atoms with Crippen molar-refractivity contribution in [2.45, 2.75) is 46.2 Å². The van der Waals surface area contributed by atoms with Crippen molar-refractivity contribution in [1.82, 2.24) is 10.2 Å². The molecule has 2 unspecified atom stereocenters. The number of nitrogens with zero attached hydrogens (tertiary/aromatic N) is 1. The van der Waals surface area contributed by atoms with Gasteiger partial charge >= 0.3 is 0 Å². The number of nitrogens with one attached hydrogen (secondary N) is 1. The van der Waals surface area contributed by atoms with E-state index < -0.39 is 0 Å². The van der Waals surface area contributed by atoms with E-state index in [0.29, 0.717) is 18.0 Å². The van der Waals surface area contributed by atoms with Gasteiger partial charge in [-0.2, -0.15) is 0 Å². The van der Waals surface area contributed by atoms with Gasteiger partial charge < -0.3 is 10.1 Å². The first-order chi connectivity index (χ1) is 8.02. The van der Waals surface area contributed by atoms with E-state index in [4.69, 9.17) is 4.74 Å². The summed E-state index contributed by atoms with van der Waals surface area (Å²) in [5.41, 5.74) is 0. The fraction of sp³-hybridized carbons (Fsp3) is 1.00. The largest absolute Gasteiger partial charge is 0.380 e. The van der Waals surface area contributed by atoms with Crippen LogP contribution in [0.3, 0.4) is 0 Å². The summed E-state index contributed by atoms with van der Waals surface area (Å²) < 4.78 is 5.49. The van der Waals surface area contributed by atoms with E-state index in [1.807, 2.05) is 0 Å². The van der Waals surface area contributed by atoms with Crippen LogP contribution in [0.25, 0.3) is 0 Å². The summed E-state index contributed by atoms with van der Waals surface area (Å²) in [6, 6.07) is 1.23. The Bertz CT molecular complexity index is 200. The molecule has 1 aliphatic heterocycles. The van der Waals surface area contributed by atoms with Crippen LogP contribution >= 0.6 is 0 Å². The van der Waals surface area contributed by atoms with Gasteiger partial charge in [0, 0.05) is 25.2 Å². The molecular weight excluding hydrogens is 212 g/mol. The molecule has 1 saturated heterocycles. The molecule has 1 N–H and O–H groups in total. The summed E-state index contributed by atoms with van der Waals surface area (Å²) in [5.74, 6) is 1.41. The van der Waals surface area contributed by atoms with Gasteiger partial charge in [0.15, 0.2) is 0 Å². The third-order valence-corrected chi connectivity index (χ3v) is 3.68. The van der Waals surface area contributed by atoms with E-state index >= 15 is 0 Å². The number of hydrogen-bond donors (Lipinski definition) is 1. The second-order valence-electron chi connectivity index (χ2n) is 6.05. The van der Waals surface area contributed by atoms with Crippen LogP contribution in [0.1, 0.15) is 34.1 Å². The van der Waals surface area contributed by atoms with Crippen molar-refractivity contribution in [3.8, 4) is 0 Å². The Morgan fingerprint density at radius 2 is 1.94 bits per heavy atom. The van der Waals surface area contributed by atoms with Gasteiger partial charge in [0.2, 0.25) is 0 Å². The Morgan fingerprint density at radius 3 is 2.41 bits per heavy atom. The van der Waals surface area contributed by atoms with Crippen LogP contribution < -0.4 is 5.32 Å². The van der Waals surface area contributed by atoms with Crippen LogP contribution in [0.4, 0.5) is 0 Å². The SMILES string of the molecule is CC(C)CNCC(C(C)C)N(C)C1CCOC1. The minimum absolute atomic E-state index is 0.612. The highest BCUT2D eigenvalue weighted by Crippen LogP contribution is 2.17. The lowest BCUT2D eigenvalue weighted by Crippen LogP contribution is -2.49. The van der Waals surface area contributed by atoms with Crippen molar-refractivity contribution in [3.05, 3.63) is 0 Å². The minimum Gasteiger partial charge on any atom is -0.380 e. The van der Waals surface area contributed by atoms with Crippen molar-refractivity contribution < 1.29 is 4.74 Å². The second-order valence-corrected chi connectivity index (χ2v) is 6.05. The molecule has 2 atom stereocenters. The molecule has 1 rings (SSSR count). The van der Waals surface area contributed by atoms with E-state index in [0.717, 1.165) is 32.2 Å². The monoisotopic (exact) mass is 242 g/mol. The molecule has 102 valence electrons. The number of ether oxygens (including phenoxy) is 1. The smallest absolute Gasteiger partial charge is 0.0622 e. The number of rotatable bonds is 7. The Labute approximate surface area is 107 Å². The average molecular weight is 242 g/mol. The van der Waals surface area contributed by atoms with Crippen LogP contribution in [0.15, 0.2) is 0 Å². The highest BCUT2D eigenvalue weighted by atomic mass is 16.5. The summed E-state index contributed by atoms with van der Waals surface area (Å²) >= 11 is 0. The zero-order valence-electron chi connectivity index (χ0n) is 12.2. The quantitative estimate of drug-likeness (QED) is 0.739. The molecule has 17 heavy (non-hydrogen) atoms. The molecule has 1 aliphatic rings. The predicted molar refractivity (Wildman–Crippen MR) is 73.3 cm³/mol. The summed E-state index contributed by atoms with van der Waals surface area (Å²) in [5, 5.41) is 3.59. The molecule has 0 radical (unpaired) electrons. The fourth-order valence-corrected chi connectivity index (χ4v) is 2.48. The van der Waals surface area contributed by atoms with Crippen molar-refractivity contribution >= 4 is 0 Å². The van der Waals surface area contributed by atoms with E-state index in [1.54, 1.807) is 0 Å². The lowest BCUT2D eigenvalue weighted by Gasteiger charge is -2.35. The molecule has 0 spiro atoms. The topological polar surface area (TPSA) is 24.5 Å². The molecule has 0 aromatic rings. The molecule has 3 heteroatoms. The molecule has 0 amide bonds. The Morgan fingerprint density at radius 1 is 1.24 bits per heavy atom. The maximum atomic E-state index is 5.49. The van der Waals surface area contributed by atoms with Gasteiger partial charge in [-0.05, 0) is 31.8 Å². The second kappa shape index (κ2) is 7.34. The third-order valence-electron chi connectivity index (χ3n) is 3.68. The first kappa shape index (κ1) is 14.9. The first-order valence-corrected chi connectivity index (χ1v) is 7.02. The van der Waals surface area contributed by atoms with Gasteiger partial charge in [-0.25, -0.2) is 0 Å². The Kier molecular flexibility index (Phi) is 6.45. The average Bonchev–Trinajstić information content (AvgIpc) is 2.75. The van der Waals surface area contributed by atoms with E-state index in [2.05, 4.69) is 45.0 Å². The zero-order valence-corrected chi connectivity index (χ0v) is 12.2. The molecule has 0 aromatic carbocycles. The van der Waals surface area contributed by atoms with Crippen molar-refractivity contribution in [1.29, 1.82) is 0 Å². The van der Waals surface area contributed by atoms with E-state index in [-0.39, 0.29) is 0 Å². The van der Waals surface area contributed by atoms with Crippen LogP contribution in [0, 0.1) is 11.8 Å². The summed E-state index contributed by atoms with van der Waals surface area (Å²) in [4.78, 5) is 2.52. The molecule has 0 bridgehead atoms. The number of hydrogen-bond acceptors (Lipinski definition) is 3. The molecule has 0 aromatic heterocycles. The van der Waals surface area contributed by atoms with E-state index in [9.17, 15) is 0 Å². The summed E-state index contributed by atoms with van der Waals surface area (Å²) in [6.45, 7) is 13.2. The van der Waals surface area contributed by atoms with Crippen LogP contribution in [-0.4, -0.2) is 50.3 Å². The van der Waals surface area contributed by atoms with Gasteiger partial charge in [0.1, 0.15) is 0 Å². The normalized spacial score (nSPS) is 22.9. The lowest BCUT2D eigenvalue weighted by atomic mass is 10.0. The molecule has 0 saturated carbocycles. The summed E-state index contributed by atoms with van der Waals surface area (Å²) in [6.07, 6.45) is 1.18. The van der Waals surface area contributed by atoms with Gasteiger partial charge in [0.25, 0.3) is 0 Å². The first-order valence-electron chi connectivity index (χ1n) is 7.02. The molecule has 1 fully saturated rings. The Balaban J connectivity index is 2.40. The number of likely N-dealkylation sites (N-methyl/N-ethyl adjacent to an activating group) is 1. The highest BCUT2D eigenvalue weighted by molar-refractivity contribution is 4.82. The molecule has 1 heterocycles. The lowest BCUT2D eigenvalue weighted by molar-refractivity contribution is 0.109. The van der Waals surface area contributed by atoms with Gasteiger partial charge in [-0.3, -0.25) is 4.90 Å². The summed E-state index contributed by atoms with van der Waals surface area (Å²) in [7, 11) is 2.25. The standard InChI is InChI=1S/C14H30N2O/c1-11(2)8-15-9-14(12(3)4)16(5)13-6-7-17-10-13/h11-15H,6-10H2,1-5H3. The van der Waals surface area contributed by atoms with Crippen LogP contribution in [0.5, 0.6) is 0 Å². The Hall–Kier alpha value is -0.120. The fourth-order valence-electron chi connectivity index (χ4n) is 2.48. The van der Waals surface area contributed by atoms with Crippen molar-refractivity contribution in [2.75, 3.05) is 33.4 Å². The van der Waals surface area contributed by atoms with Crippen LogP contribution in [0.2, 0.25) is 0 Å². The molecular formula is C14H30N2O. The maximum Gasteiger partial charge on any atom is 0.0622 e. The van der Waals surface area contributed by atoms with Gasteiger partial charge in [0.05, 0.1) is 6.61 Å². The van der Waals surface area contributed by atoms with Crippen LogP contribution in [-0.2, 0) is 4.74 Å². The van der Waals surface area contributed by atoms with Crippen molar-refractivity contribution in [2.24, 2.45) is 11.8 Å². The molecule has 0 aliphatic carbocycles. The van der Waals surface area contributed by atoms with Crippen molar-refractivity contribution in [3.63, 3.8) is 0 Å². The maximum absolute atomic E-state index is 5.49. The third kappa shape index (κ3) is 4.94. The van der Waals surface area contributed by atoms with Gasteiger partial charge in [-0.15, -0.1) is 0 Å². The molecule has 3 nitrogen and oxygen atoms in total. The highest BCUT2D eigenvalue weighted by Gasteiger charge is 2.27. The predicted octanol–water partition coefficient (Wildman–Crippen LogP) is 1.98.